The molecular formula is C12H21N3O2. The minimum atomic E-state index is -0.450. The molecule has 1 atom stereocenters. The molecule has 0 amide bonds. The van der Waals surface area contributed by atoms with E-state index in [0.717, 1.165) is 17.0 Å². The lowest BCUT2D eigenvalue weighted by atomic mass is 10.0. The van der Waals surface area contributed by atoms with E-state index in [1.807, 2.05) is 27.7 Å². The number of aromatic nitrogens is 2. The zero-order valence-corrected chi connectivity index (χ0v) is 11.1. The van der Waals surface area contributed by atoms with Crippen molar-refractivity contribution in [3.63, 3.8) is 0 Å². The van der Waals surface area contributed by atoms with E-state index in [2.05, 4.69) is 15.5 Å². The number of H-pyrrole nitrogens is 1. The molecule has 96 valence electrons. The maximum atomic E-state index is 12.0. The number of hydrogen-bond donors (Lipinski definition) is 2. The van der Waals surface area contributed by atoms with Crippen LogP contribution in [0.2, 0.25) is 0 Å². The third kappa shape index (κ3) is 3.30. The van der Waals surface area contributed by atoms with Gasteiger partial charge in [-0.3, -0.25) is 10.4 Å². The van der Waals surface area contributed by atoms with Crippen LogP contribution in [0.4, 0.5) is 0 Å². The quantitative estimate of drug-likeness (QED) is 0.766. The minimum Gasteiger partial charge on any atom is -0.465 e. The molecule has 1 unspecified atom stereocenters. The Balaban J connectivity index is 3.01. The van der Waals surface area contributed by atoms with Crippen molar-refractivity contribution in [2.24, 2.45) is 0 Å². The highest BCUT2D eigenvalue weighted by Gasteiger charge is 2.27. The number of carbonyl (C=O) groups excluding carboxylic acids is 1. The van der Waals surface area contributed by atoms with Gasteiger partial charge < -0.3 is 4.74 Å². The van der Waals surface area contributed by atoms with Crippen LogP contribution in [-0.4, -0.2) is 28.8 Å². The Morgan fingerprint density at radius 1 is 1.47 bits per heavy atom. The molecule has 1 aromatic heterocycles. The van der Waals surface area contributed by atoms with Crippen molar-refractivity contribution in [3.8, 4) is 0 Å². The van der Waals surface area contributed by atoms with E-state index in [-0.39, 0.29) is 12.0 Å². The van der Waals surface area contributed by atoms with E-state index < -0.39 is 6.04 Å². The lowest BCUT2D eigenvalue weighted by molar-refractivity contribution is -0.146. The van der Waals surface area contributed by atoms with Crippen molar-refractivity contribution in [1.29, 1.82) is 0 Å². The lowest BCUT2D eigenvalue weighted by Crippen LogP contribution is -2.35. The standard InChI is InChI=1S/C12H21N3O2/c1-6-17-12(16)11(13-7(2)3)10-8(4)14-15-9(10)5/h7,11,13H,6H2,1-5H3,(H,14,15). The Hall–Kier alpha value is -1.36. The van der Waals surface area contributed by atoms with Crippen LogP contribution in [0, 0.1) is 13.8 Å². The zero-order valence-electron chi connectivity index (χ0n) is 11.1. The molecule has 1 aromatic rings. The van der Waals surface area contributed by atoms with Gasteiger partial charge in [-0.1, -0.05) is 0 Å². The van der Waals surface area contributed by atoms with Crippen LogP contribution in [0.15, 0.2) is 0 Å². The fourth-order valence-electron chi connectivity index (χ4n) is 1.81. The Bertz CT molecular complexity index is 366. The van der Waals surface area contributed by atoms with Gasteiger partial charge in [-0.05, 0) is 34.6 Å². The number of rotatable bonds is 5. The Kier molecular flexibility index (Phi) is 4.69. The SMILES string of the molecule is CCOC(=O)C(NC(C)C)c1c(C)n[nH]c1C. The number of nitrogens with one attached hydrogen (secondary N) is 2. The summed E-state index contributed by atoms with van der Waals surface area (Å²) in [5, 5.41) is 10.2. The second-order valence-corrected chi connectivity index (χ2v) is 4.35. The van der Waals surface area contributed by atoms with Gasteiger partial charge in [-0.2, -0.15) is 5.10 Å². The molecule has 0 saturated carbocycles. The fraction of sp³-hybridized carbons (Fsp3) is 0.667. The molecule has 5 heteroatoms. The summed E-state index contributed by atoms with van der Waals surface area (Å²) in [7, 11) is 0. The smallest absolute Gasteiger partial charge is 0.327 e. The predicted octanol–water partition coefficient (Wildman–Crippen LogP) is 1.63. The number of hydrogen-bond acceptors (Lipinski definition) is 4. The number of aromatic amines is 1. The summed E-state index contributed by atoms with van der Waals surface area (Å²) >= 11 is 0. The first-order valence-electron chi connectivity index (χ1n) is 5.91. The molecule has 0 aromatic carbocycles. The Labute approximate surface area is 102 Å². The summed E-state index contributed by atoms with van der Waals surface area (Å²) in [4.78, 5) is 12.0. The Morgan fingerprint density at radius 3 is 2.53 bits per heavy atom. The molecule has 0 radical (unpaired) electrons. The summed E-state index contributed by atoms with van der Waals surface area (Å²) in [5.41, 5.74) is 2.61. The van der Waals surface area contributed by atoms with Crippen LogP contribution in [0.3, 0.4) is 0 Å². The van der Waals surface area contributed by atoms with Crippen LogP contribution in [-0.2, 0) is 9.53 Å². The third-order valence-electron chi connectivity index (χ3n) is 2.50. The average Bonchev–Trinajstić information content (AvgIpc) is 2.56. The molecular weight excluding hydrogens is 218 g/mol. The molecule has 0 fully saturated rings. The van der Waals surface area contributed by atoms with Gasteiger partial charge in [-0.15, -0.1) is 0 Å². The molecule has 0 aliphatic heterocycles. The predicted molar refractivity (Wildman–Crippen MR) is 65.7 cm³/mol. The lowest BCUT2D eigenvalue weighted by Gasteiger charge is -2.20. The first-order valence-corrected chi connectivity index (χ1v) is 5.91. The topological polar surface area (TPSA) is 67.0 Å². The summed E-state index contributed by atoms with van der Waals surface area (Å²) in [6.45, 7) is 9.97. The van der Waals surface area contributed by atoms with Gasteiger partial charge in [0.15, 0.2) is 0 Å². The van der Waals surface area contributed by atoms with Crippen molar-refractivity contribution in [1.82, 2.24) is 15.5 Å². The number of nitrogens with zero attached hydrogens (tertiary/aromatic N) is 1. The van der Waals surface area contributed by atoms with Crippen LogP contribution in [0.1, 0.15) is 43.8 Å². The second kappa shape index (κ2) is 5.82. The summed E-state index contributed by atoms with van der Waals surface area (Å²) in [6, 6.07) is -0.258. The zero-order chi connectivity index (χ0) is 13.0. The highest BCUT2D eigenvalue weighted by Crippen LogP contribution is 2.21. The van der Waals surface area contributed by atoms with Crippen molar-refractivity contribution >= 4 is 5.97 Å². The first-order chi connectivity index (χ1) is 7.97. The summed E-state index contributed by atoms with van der Waals surface area (Å²) in [6.07, 6.45) is 0. The van der Waals surface area contributed by atoms with Crippen molar-refractivity contribution in [2.75, 3.05) is 6.61 Å². The van der Waals surface area contributed by atoms with Crippen LogP contribution in [0.5, 0.6) is 0 Å². The molecule has 0 aliphatic carbocycles. The molecule has 2 N–H and O–H groups in total. The van der Waals surface area contributed by atoms with E-state index in [0.29, 0.717) is 6.61 Å². The maximum absolute atomic E-state index is 12.0. The number of ether oxygens (including phenoxy) is 1. The summed E-state index contributed by atoms with van der Waals surface area (Å²) in [5.74, 6) is -0.256. The molecule has 5 nitrogen and oxygen atoms in total. The van der Waals surface area contributed by atoms with E-state index >= 15 is 0 Å². The van der Waals surface area contributed by atoms with Crippen LogP contribution < -0.4 is 5.32 Å². The van der Waals surface area contributed by atoms with Gasteiger partial charge in [0.05, 0.1) is 12.3 Å². The molecule has 1 heterocycles. The minimum absolute atomic E-state index is 0.193. The van der Waals surface area contributed by atoms with Crippen molar-refractivity contribution in [3.05, 3.63) is 17.0 Å². The molecule has 1 rings (SSSR count). The Morgan fingerprint density at radius 2 is 2.12 bits per heavy atom. The van der Waals surface area contributed by atoms with E-state index in [1.165, 1.54) is 0 Å². The van der Waals surface area contributed by atoms with Gasteiger partial charge in [0.1, 0.15) is 6.04 Å². The van der Waals surface area contributed by atoms with Crippen molar-refractivity contribution in [2.45, 2.75) is 46.7 Å². The maximum Gasteiger partial charge on any atom is 0.327 e. The van der Waals surface area contributed by atoms with Crippen LogP contribution in [0.25, 0.3) is 0 Å². The summed E-state index contributed by atoms with van der Waals surface area (Å²) < 4.78 is 5.10. The van der Waals surface area contributed by atoms with E-state index in [1.54, 1.807) is 6.92 Å². The first kappa shape index (κ1) is 13.7. The van der Waals surface area contributed by atoms with Gasteiger partial charge in [0.25, 0.3) is 0 Å². The number of carbonyl (C=O) groups is 1. The number of esters is 1. The van der Waals surface area contributed by atoms with Gasteiger partial charge >= 0.3 is 5.97 Å². The molecule has 0 saturated heterocycles. The largest absolute Gasteiger partial charge is 0.465 e. The van der Waals surface area contributed by atoms with E-state index in [4.69, 9.17) is 4.74 Å². The normalized spacial score (nSPS) is 12.8. The van der Waals surface area contributed by atoms with E-state index in [9.17, 15) is 4.79 Å². The molecule has 0 aliphatic rings. The van der Waals surface area contributed by atoms with Gasteiger partial charge in [-0.25, -0.2) is 4.79 Å². The second-order valence-electron chi connectivity index (χ2n) is 4.35. The van der Waals surface area contributed by atoms with Crippen molar-refractivity contribution < 1.29 is 9.53 Å². The molecule has 0 spiro atoms. The number of aryl methyl sites for hydroxylation is 2. The fourth-order valence-corrected chi connectivity index (χ4v) is 1.81. The highest BCUT2D eigenvalue weighted by molar-refractivity contribution is 5.78. The highest BCUT2D eigenvalue weighted by atomic mass is 16.5. The molecule has 0 bridgehead atoms. The van der Waals surface area contributed by atoms with Gasteiger partial charge in [0.2, 0.25) is 0 Å². The molecule has 17 heavy (non-hydrogen) atoms. The van der Waals surface area contributed by atoms with Gasteiger partial charge in [0, 0.05) is 17.3 Å². The average molecular weight is 239 g/mol. The monoisotopic (exact) mass is 239 g/mol. The third-order valence-corrected chi connectivity index (χ3v) is 2.50. The van der Waals surface area contributed by atoms with Crippen LogP contribution >= 0.6 is 0 Å².